The highest BCUT2D eigenvalue weighted by Gasteiger charge is 2.33. The molecule has 0 saturated carbocycles. The van der Waals surface area contributed by atoms with Crippen LogP contribution >= 0.6 is 11.8 Å². The number of benzene rings is 2. The number of carbonyl (C=O) groups excluding carboxylic acids is 3. The molecule has 0 radical (unpaired) electrons. The molecule has 0 bridgehead atoms. The van der Waals surface area contributed by atoms with Gasteiger partial charge < -0.3 is 9.64 Å². The molecule has 7 heteroatoms. The molecule has 2 aromatic rings. The van der Waals surface area contributed by atoms with Gasteiger partial charge in [0, 0.05) is 23.6 Å². The lowest BCUT2D eigenvalue weighted by molar-refractivity contribution is -0.151. The van der Waals surface area contributed by atoms with Crippen molar-refractivity contribution in [3.63, 3.8) is 0 Å². The Labute approximate surface area is 173 Å². The van der Waals surface area contributed by atoms with E-state index in [1.807, 2.05) is 54.6 Å². The number of esters is 1. The molecule has 1 saturated heterocycles. The minimum Gasteiger partial charge on any atom is -0.454 e. The van der Waals surface area contributed by atoms with E-state index in [4.69, 9.17) is 4.74 Å². The van der Waals surface area contributed by atoms with Crippen LogP contribution in [0.15, 0.2) is 59.5 Å². The highest BCUT2D eigenvalue weighted by atomic mass is 32.2. The van der Waals surface area contributed by atoms with E-state index in [1.54, 1.807) is 16.7 Å². The molecule has 1 atom stereocenters. The second-order valence-corrected chi connectivity index (χ2v) is 8.11. The molecule has 0 N–H and O–H groups in total. The van der Waals surface area contributed by atoms with Gasteiger partial charge in [-0.3, -0.25) is 19.3 Å². The maximum atomic E-state index is 13.1. The number of likely N-dealkylation sites (tertiary alicyclic amines) is 1. The van der Waals surface area contributed by atoms with E-state index >= 15 is 0 Å². The Morgan fingerprint density at radius 2 is 1.83 bits per heavy atom. The molecular formula is C22H22N2O4S. The fourth-order valence-electron chi connectivity index (χ4n) is 3.70. The van der Waals surface area contributed by atoms with E-state index in [0.717, 1.165) is 28.3 Å². The number of hydrogen-bond acceptors (Lipinski definition) is 5. The van der Waals surface area contributed by atoms with Crippen LogP contribution in [0, 0.1) is 0 Å². The molecular weight excluding hydrogens is 388 g/mol. The Hall–Kier alpha value is -2.80. The first-order valence-corrected chi connectivity index (χ1v) is 10.6. The predicted octanol–water partition coefficient (Wildman–Crippen LogP) is 3.03. The molecule has 29 heavy (non-hydrogen) atoms. The third-order valence-corrected chi connectivity index (χ3v) is 6.27. The van der Waals surface area contributed by atoms with Crippen molar-refractivity contribution in [3.8, 4) is 0 Å². The molecule has 0 aromatic heterocycles. The van der Waals surface area contributed by atoms with Gasteiger partial charge in [0.25, 0.3) is 5.91 Å². The summed E-state index contributed by atoms with van der Waals surface area (Å²) < 4.78 is 5.24. The number of para-hydroxylation sites is 1. The van der Waals surface area contributed by atoms with Crippen molar-refractivity contribution in [2.24, 2.45) is 0 Å². The summed E-state index contributed by atoms with van der Waals surface area (Å²) in [5.74, 6) is -0.139. The summed E-state index contributed by atoms with van der Waals surface area (Å²) in [6.45, 7) is 0.124. The van der Waals surface area contributed by atoms with Gasteiger partial charge >= 0.3 is 5.97 Å². The molecule has 2 aliphatic heterocycles. The molecule has 0 aliphatic carbocycles. The summed E-state index contributed by atoms with van der Waals surface area (Å²) in [6.07, 6.45) is 1.22. The molecule has 2 amide bonds. The van der Waals surface area contributed by atoms with Gasteiger partial charge in [-0.25, -0.2) is 0 Å². The molecule has 2 aliphatic rings. The van der Waals surface area contributed by atoms with E-state index in [-0.39, 0.29) is 31.0 Å². The zero-order valence-electron chi connectivity index (χ0n) is 16.0. The summed E-state index contributed by atoms with van der Waals surface area (Å²) in [5.41, 5.74) is 1.87. The lowest BCUT2D eigenvalue weighted by Crippen LogP contribution is -2.41. The Bertz CT molecular complexity index is 918. The van der Waals surface area contributed by atoms with Gasteiger partial charge in [-0.2, -0.15) is 0 Å². The number of nitrogens with zero attached hydrogens (tertiary/aromatic N) is 2. The first-order valence-electron chi connectivity index (χ1n) is 9.66. The van der Waals surface area contributed by atoms with Gasteiger partial charge in [0.15, 0.2) is 6.61 Å². The van der Waals surface area contributed by atoms with Crippen LogP contribution in [0.25, 0.3) is 0 Å². The highest BCUT2D eigenvalue weighted by molar-refractivity contribution is 7.99. The van der Waals surface area contributed by atoms with Crippen molar-refractivity contribution in [1.29, 1.82) is 0 Å². The zero-order chi connectivity index (χ0) is 20.2. The average Bonchev–Trinajstić information content (AvgIpc) is 3.16. The summed E-state index contributed by atoms with van der Waals surface area (Å²) >= 11 is 1.71. The number of ether oxygens (including phenoxy) is 1. The van der Waals surface area contributed by atoms with Crippen molar-refractivity contribution < 1.29 is 19.1 Å². The number of rotatable bonds is 5. The van der Waals surface area contributed by atoms with Gasteiger partial charge in [0.1, 0.15) is 6.54 Å². The van der Waals surface area contributed by atoms with Crippen molar-refractivity contribution in [2.45, 2.75) is 23.8 Å². The molecule has 6 nitrogen and oxygen atoms in total. The SMILES string of the molecule is O=C(CN1CCCC1=O)OCC(=O)N1c2ccccc2SC[C@@H]1c1ccccc1. The van der Waals surface area contributed by atoms with Gasteiger partial charge in [0.05, 0.1) is 11.7 Å². The van der Waals surface area contributed by atoms with Crippen molar-refractivity contribution in [1.82, 2.24) is 4.90 Å². The van der Waals surface area contributed by atoms with Crippen LogP contribution in [-0.2, 0) is 19.1 Å². The maximum absolute atomic E-state index is 13.1. The number of thioether (sulfide) groups is 1. The minimum absolute atomic E-state index is 0.0422. The number of anilines is 1. The number of hydrogen-bond donors (Lipinski definition) is 0. The fourth-order valence-corrected chi connectivity index (χ4v) is 4.87. The van der Waals surface area contributed by atoms with Crippen LogP contribution in [0.5, 0.6) is 0 Å². The summed E-state index contributed by atoms with van der Waals surface area (Å²) in [5, 5.41) is 0. The molecule has 1 fully saturated rings. The van der Waals surface area contributed by atoms with E-state index in [1.165, 1.54) is 4.90 Å². The Kier molecular flexibility index (Phi) is 5.85. The normalized spacial score (nSPS) is 18.5. The molecule has 150 valence electrons. The Balaban J connectivity index is 1.49. The largest absolute Gasteiger partial charge is 0.454 e. The first-order chi connectivity index (χ1) is 14.1. The number of fused-ring (bicyclic) bond motifs is 1. The summed E-state index contributed by atoms with van der Waals surface area (Å²) in [6, 6.07) is 17.5. The van der Waals surface area contributed by atoms with Gasteiger partial charge in [0.2, 0.25) is 5.91 Å². The van der Waals surface area contributed by atoms with Gasteiger partial charge in [-0.05, 0) is 24.1 Å². The lowest BCUT2D eigenvalue weighted by Gasteiger charge is -2.37. The quantitative estimate of drug-likeness (QED) is 0.709. The van der Waals surface area contributed by atoms with Crippen LogP contribution in [0.3, 0.4) is 0 Å². The predicted molar refractivity (Wildman–Crippen MR) is 111 cm³/mol. The molecule has 2 heterocycles. The van der Waals surface area contributed by atoms with Crippen LogP contribution in [-0.4, -0.2) is 48.1 Å². The number of amides is 2. The van der Waals surface area contributed by atoms with Gasteiger partial charge in [-0.1, -0.05) is 42.5 Å². The van der Waals surface area contributed by atoms with Crippen LogP contribution in [0.4, 0.5) is 5.69 Å². The monoisotopic (exact) mass is 410 g/mol. The molecule has 0 unspecified atom stereocenters. The van der Waals surface area contributed by atoms with E-state index in [0.29, 0.717) is 13.0 Å². The Morgan fingerprint density at radius 3 is 2.59 bits per heavy atom. The maximum Gasteiger partial charge on any atom is 0.326 e. The average molecular weight is 410 g/mol. The van der Waals surface area contributed by atoms with Crippen molar-refractivity contribution >= 4 is 35.2 Å². The Morgan fingerprint density at radius 1 is 1.07 bits per heavy atom. The molecule has 0 spiro atoms. The van der Waals surface area contributed by atoms with Gasteiger partial charge in [-0.15, -0.1) is 11.8 Å². The second-order valence-electron chi connectivity index (χ2n) is 7.05. The summed E-state index contributed by atoms with van der Waals surface area (Å²) in [7, 11) is 0. The molecule has 4 rings (SSSR count). The van der Waals surface area contributed by atoms with E-state index in [2.05, 4.69) is 0 Å². The minimum atomic E-state index is -0.551. The van der Waals surface area contributed by atoms with Crippen LogP contribution in [0.1, 0.15) is 24.4 Å². The lowest BCUT2D eigenvalue weighted by atomic mass is 10.1. The standard InChI is InChI=1S/C22H22N2O4S/c25-20-11-6-12-23(20)13-22(27)28-14-21(26)24-17-9-4-5-10-19(17)29-15-18(24)16-7-2-1-3-8-16/h1-5,7-10,18H,6,11-15H2/t18-/m1/s1. The smallest absolute Gasteiger partial charge is 0.326 e. The second kappa shape index (κ2) is 8.69. The van der Waals surface area contributed by atoms with Crippen molar-refractivity contribution in [3.05, 3.63) is 60.2 Å². The third-order valence-electron chi connectivity index (χ3n) is 5.13. The van der Waals surface area contributed by atoms with E-state index < -0.39 is 5.97 Å². The van der Waals surface area contributed by atoms with Crippen molar-refractivity contribution in [2.75, 3.05) is 30.3 Å². The third kappa shape index (κ3) is 4.29. The highest BCUT2D eigenvalue weighted by Crippen LogP contribution is 2.43. The number of carbonyl (C=O) groups is 3. The van der Waals surface area contributed by atoms with Crippen LogP contribution < -0.4 is 4.90 Å². The first kappa shape index (κ1) is 19.5. The topological polar surface area (TPSA) is 66.9 Å². The fraction of sp³-hybridized carbons (Fsp3) is 0.318. The summed E-state index contributed by atoms with van der Waals surface area (Å²) in [4.78, 5) is 41.2. The molecule has 2 aromatic carbocycles. The van der Waals surface area contributed by atoms with Crippen LogP contribution in [0.2, 0.25) is 0 Å². The zero-order valence-corrected chi connectivity index (χ0v) is 16.8. The van der Waals surface area contributed by atoms with E-state index in [9.17, 15) is 14.4 Å².